The van der Waals surface area contributed by atoms with Crippen LogP contribution in [0.15, 0.2) is 64.8 Å². The highest BCUT2D eigenvalue weighted by atomic mass is 35.5. The molecular weight excluding hydrogens is 390 g/mol. The molecule has 0 saturated carbocycles. The molecule has 0 spiro atoms. The molecule has 0 atom stereocenters. The minimum Gasteiger partial charge on any atom is -0.269 e. The van der Waals surface area contributed by atoms with Crippen molar-refractivity contribution in [3.63, 3.8) is 0 Å². The van der Waals surface area contributed by atoms with Crippen LogP contribution in [0.4, 0.5) is 5.69 Å². The van der Waals surface area contributed by atoms with E-state index in [0.29, 0.717) is 32.9 Å². The molecule has 0 bridgehead atoms. The van der Waals surface area contributed by atoms with Gasteiger partial charge in [0.1, 0.15) is 4.90 Å². The molecule has 26 heavy (non-hydrogen) atoms. The lowest BCUT2D eigenvalue weighted by Crippen LogP contribution is -2.31. The van der Waals surface area contributed by atoms with Gasteiger partial charge < -0.3 is 0 Å². The number of rotatable bonds is 3. The quantitative estimate of drug-likeness (QED) is 0.483. The Labute approximate surface area is 161 Å². The average Bonchev–Trinajstić information content (AvgIpc) is 2.65. The summed E-state index contributed by atoms with van der Waals surface area (Å²) in [5, 5.41) is 1.05. The van der Waals surface area contributed by atoms with E-state index in [4.69, 9.17) is 11.6 Å². The molecule has 8 heteroatoms. The summed E-state index contributed by atoms with van der Waals surface area (Å²) in [5.41, 5.74) is 2.79. The monoisotopic (exact) mass is 403 g/mol. The number of halogens is 1. The standard InChI is InChI=1S/C18H14ClN3O2S2/c1-22-15-8-7-13(19)9-14(15)17-16(26(22,23)24)10-20-18(21-17)25-11-12-5-3-2-4-6-12/h2-10H,11H2,1H3. The van der Waals surface area contributed by atoms with Crippen molar-refractivity contribution in [2.75, 3.05) is 11.4 Å². The molecule has 1 aliphatic heterocycles. The van der Waals surface area contributed by atoms with Gasteiger partial charge in [0.15, 0.2) is 5.16 Å². The maximum atomic E-state index is 12.7. The van der Waals surface area contributed by atoms with Crippen LogP contribution in [0, 0.1) is 0 Å². The predicted molar refractivity (Wildman–Crippen MR) is 104 cm³/mol. The van der Waals surface area contributed by atoms with Gasteiger partial charge in [0, 0.05) is 23.4 Å². The fraction of sp³-hybridized carbons (Fsp3) is 0.111. The van der Waals surface area contributed by atoms with Gasteiger partial charge in [-0.05, 0) is 23.8 Å². The first-order chi connectivity index (χ1) is 12.5. The van der Waals surface area contributed by atoms with Crippen molar-refractivity contribution in [1.82, 2.24) is 9.97 Å². The van der Waals surface area contributed by atoms with Crippen molar-refractivity contribution in [2.45, 2.75) is 15.8 Å². The fourth-order valence-electron chi connectivity index (χ4n) is 2.78. The van der Waals surface area contributed by atoms with Gasteiger partial charge in [0.25, 0.3) is 10.0 Å². The molecule has 0 fully saturated rings. The highest BCUT2D eigenvalue weighted by Gasteiger charge is 2.34. The first-order valence-electron chi connectivity index (χ1n) is 7.79. The van der Waals surface area contributed by atoms with E-state index in [9.17, 15) is 8.42 Å². The molecule has 0 radical (unpaired) electrons. The molecule has 132 valence electrons. The summed E-state index contributed by atoms with van der Waals surface area (Å²) in [6.07, 6.45) is 1.38. The van der Waals surface area contributed by atoms with Crippen LogP contribution in [0.5, 0.6) is 0 Å². The lowest BCUT2D eigenvalue weighted by molar-refractivity contribution is 0.592. The summed E-state index contributed by atoms with van der Waals surface area (Å²) >= 11 is 7.59. The summed E-state index contributed by atoms with van der Waals surface area (Å²) in [5.74, 6) is 0.703. The number of sulfonamides is 1. The number of aromatic nitrogens is 2. The molecule has 2 aromatic carbocycles. The van der Waals surface area contributed by atoms with Gasteiger partial charge in [0.05, 0.1) is 17.6 Å². The van der Waals surface area contributed by atoms with Crippen LogP contribution in [-0.4, -0.2) is 25.4 Å². The molecule has 1 aromatic heterocycles. The maximum Gasteiger partial charge on any atom is 0.267 e. The Morgan fingerprint density at radius 1 is 1.15 bits per heavy atom. The van der Waals surface area contributed by atoms with E-state index in [1.54, 1.807) is 18.2 Å². The average molecular weight is 404 g/mol. The zero-order valence-electron chi connectivity index (χ0n) is 13.8. The van der Waals surface area contributed by atoms with Crippen molar-refractivity contribution in [3.8, 4) is 11.3 Å². The maximum absolute atomic E-state index is 12.7. The molecule has 4 rings (SSSR count). The van der Waals surface area contributed by atoms with Gasteiger partial charge in [-0.25, -0.2) is 18.4 Å². The first-order valence-corrected chi connectivity index (χ1v) is 10.6. The van der Waals surface area contributed by atoms with E-state index in [2.05, 4.69) is 9.97 Å². The Bertz CT molecular complexity index is 1090. The highest BCUT2D eigenvalue weighted by molar-refractivity contribution is 7.98. The Hall–Kier alpha value is -2.09. The van der Waals surface area contributed by atoms with Crippen LogP contribution in [0.3, 0.4) is 0 Å². The van der Waals surface area contributed by atoms with E-state index in [0.717, 1.165) is 5.56 Å². The van der Waals surface area contributed by atoms with E-state index in [1.165, 1.54) is 29.3 Å². The lowest BCUT2D eigenvalue weighted by atomic mass is 10.1. The summed E-state index contributed by atoms with van der Waals surface area (Å²) in [7, 11) is -2.16. The summed E-state index contributed by atoms with van der Waals surface area (Å²) in [6.45, 7) is 0. The molecule has 0 unspecified atom stereocenters. The van der Waals surface area contributed by atoms with Crippen molar-refractivity contribution in [3.05, 3.63) is 65.3 Å². The SMILES string of the molecule is CN1c2ccc(Cl)cc2-c2nc(SCc3ccccc3)ncc2S1(=O)=O. The second kappa shape index (κ2) is 6.57. The molecule has 0 amide bonds. The van der Waals surface area contributed by atoms with Gasteiger partial charge in [-0.2, -0.15) is 0 Å². The smallest absolute Gasteiger partial charge is 0.267 e. The summed E-state index contributed by atoms with van der Waals surface area (Å²) in [6, 6.07) is 15.1. The van der Waals surface area contributed by atoms with Crippen molar-refractivity contribution in [1.29, 1.82) is 0 Å². The van der Waals surface area contributed by atoms with Crippen LogP contribution in [0.2, 0.25) is 5.02 Å². The third-order valence-electron chi connectivity index (χ3n) is 4.14. The van der Waals surface area contributed by atoms with Crippen LogP contribution in [0.25, 0.3) is 11.3 Å². The lowest BCUT2D eigenvalue weighted by Gasteiger charge is -2.28. The summed E-state index contributed by atoms with van der Waals surface area (Å²) in [4.78, 5) is 8.87. The second-order valence-corrected chi connectivity index (χ2v) is 9.09. The van der Waals surface area contributed by atoms with Crippen molar-refractivity contribution < 1.29 is 8.42 Å². The Kier molecular flexibility index (Phi) is 4.38. The number of anilines is 1. The molecule has 3 aromatic rings. The number of benzene rings is 2. The first kappa shape index (κ1) is 17.3. The zero-order chi connectivity index (χ0) is 18.3. The van der Waals surface area contributed by atoms with Gasteiger partial charge >= 0.3 is 0 Å². The number of fused-ring (bicyclic) bond motifs is 3. The number of hydrogen-bond donors (Lipinski definition) is 0. The van der Waals surface area contributed by atoms with Crippen LogP contribution >= 0.6 is 23.4 Å². The molecular formula is C18H14ClN3O2S2. The predicted octanol–water partition coefficient (Wildman–Crippen LogP) is 4.23. The Morgan fingerprint density at radius 3 is 2.69 bits per heavy atom. The van der Waals surface area contributed by atoms with Gasteiger partial charge in [-0.1, -0.05) is 53.7 Å². The topological polar surface area (TPSA) is 63.2 Å². The van der Waals surface area contributed by atoms with E-state index < -0.39 is 10.0 Å². The second-order valence-electron chi connectivity index (χ2n) is 5.77. The van der Waals surface area contributed by atoms with E-state index in [-0.39, 0.29) is 4.90 Å². The molecule has 5 nitrogen and oxygen atoms in total. The number of nitrogens with zero attached hydrogens (tertiary/aromatic N) is 3. The highest BCUT2D eigenvalue weighted by Crippen LogP contribution is 2.42. The molecule has 0 saturated heterocycles. The molecule has 2 heterocycles. The van der Waals surface area contributed by atoms with Crippen LogP contribution in [0.1, 0.15) is 5.56 Å². The fourth-order valence-corrected chi connectivity index (χ4v) is 5.02. The molecule has 0 aliphatic carbocycles. The normalized spacial score (nSPS) is 14.6. The third kappa shape index (κ3) is 2.96. The van der Waals surface area contributed by atoms with Crippen molar-refractivity contribution in [2.24, 2.45) is 0 Å². The van der Waals surface area contributed by atoms with Crippen LogP contribution in [-0.2, 0) is 15.8 Å². The Balaban J connectivity index is 1.77. The van der Waals surface area contributed by atoms with Crippen LogP contribution < -0.4 is 4.31 Å². The summed E-state index contributed by atoms with van der Waals surface area (Å²) < 4.78 is 26.7. The van der Waals surface area contributed by atoms with E-state index in [1.807, 2.05) is 30.3 Å². The zero-order valence-corrected chi connectivity index (χ0v) is 16.1. The number of thioether (sulfide) groups is 1. The molecule has 0 N–H and O–H groups in total. The minimum absolute atomic E-state index is 0.0961. The molecule has 1 aliphatic rings. The van der Waals surface area contributed by atoms with E-state index >= 15 is 0 Å². The number of hydrogen-bond acceptors (Lipinski definition) is 5. The minimum atomic E-state index is -3.67. The van der Waals surface area contributed by atoms with Crippen molar-refractivity contribution >= 4 is 39.1 Å². The third-order valence-corrected chi connectivity index (χ3v) is 7.08. The van der Waals surface area contributed by atoms with Gasteiger partial charge in [-0.3, -0.25) is 4.31 Å². The Morgan fingerprint density at radius 2 is 1.92 bits per heavy atom. The van der Waals surface area contributed by atoms with Gasteiger partial charge in [0.2, 0.25) is 0 Å². The largest absolute Gasteiger partial charge is 0.269 e. The van der Waals surface area contributed by atoms with Gasteiger partial charge in [-0.15, -0.1) is 0 Å².